The Morgan fingerprint density at radius 2 is 1.95 bits per heavy atom. The van der Waals surface area contributed by atoms with Gasteiger partial charge in [0, 0.05) is 17.5 Å². The zero-order valence-corrected chi connectivity index (χ0v) is 12.1. The fourth-order valence-corrected chi connectivity index (χ4v) is 2.38. The van der Waals surface area contributed by atoms with E-state index in [0.717, 1.165) is 22.6 Å². The number of hydrogen-bond donors (Lipinski definition) is 1. The SMILES string of the molecule is Cc1ccccc1C(=O)NCc1cn2c(C)cccc2n1. The van der Waals surface area contributed by atoms with E-state index in [1.165, 1.54) is 0 Å². The summed E-state index contributed by atoms with van der Waals surface area (Å²) in [4.78, 5) is 16.7. The number of hydrogen-bond acceptors (Lipinski definition) is 2. The Morgan fingerprint density at radius 3 is 2.71 bits per heavy atom. The van der Waals surface area contributed by atoms with E-state index in [0.29, 0.717) is 12.1 Å². The molecule has 1 aromatic carbocycles. The highest BCUT2D eigenvalue weighted by Gasteiger charge is 2.09. The van der Waals surface area contributed by atoms with Gasteiger partial charge in [0.25, 0.3) is 5.91 Å². The van der Waals surface area contributed by atoms with Crippen LogP contribution in [0, 0.1) is 13.8 Å². The summed E-state index contributed by atoms with van der Waals surface area (Å²) >= 11 is 0. The Balaban J connectivity index is 1.76. The normalized spacial score (nSPS) is 10.8. The largest absolute Gasteiger partial charge is 0.346 e. The van der Waals surface area contributed by atoms with E-state index in [1.54, 1.807) is 0 Å². The van der Waals surface area contributed by atoms with E-state index in [2.05, 4.69) is 10.3 Å². The molecule has 0 bridgehead atoms. The van der Waals surface area contributed by atoms with Crippen LogP contribution < -0.4 is 5.32 Å². The standard InChI is InChI=1S/C17H17N3O/c1-12-6-3-4-8-15(12)17(21)18-10-14-11-20-13(2)7-5-9-16(20)19-14/h3-9,11H,10H2,1-2H3,(H,18,21). The van der Waals surface area contributed by atoms with Crippen LogP contribution in [-0.2, 0) is 6.54 Å². The Hall–Kier alpha value is -2.62. The van der Waals surface area contributed by atoms with Gasteiger partial charge in [0.2, 0.25) is 0 Å². The number of imidazole rings is 1. The lowest BCUT2D eigenvalue weighted by molar-refractivity contribution is 0.0950. The predicted octanol–water partition coefficient (Wildman–Crippen LogP) is 2.88. The minimum Gasteiger partial charge on any atom is -0.346 e. The molecule has 3 rings (SSSR count). The molecule has 4 heteroatoms. The van der Waals surface area contributed by atoms with Crippen LogP contribution in [0.3, 0.4) is 0 Å². The fourth-order valence-electron chi connectivity index (χ4n) is 2.38. The van der Waals surface area contributed by atoms with Gasteiger partial charge >= 0.3 is 0 Å². The molecule has 0 atom stereocenters. The minimum atomic E-state index is -0.0677. The third kappa shape index (κ3) is 2.65. The van der Waals surface area contributed by atoms with Gasteiger partial charge in [-0.05, 0) is 37.6 Å². The van der Waals surface area contributed by atoms with Crippen molar-refractivity contribution >= 4 is 11.6 Å². The number of benzene rings is 1. The monoisotopic (exact) mass is 279 g/mol. The first kappa shape index (κ1) is 13.4. The van der Waals surface area contributed by atoms with Crippen molar-refractivity contribution in [1.29, 1.82) is 0 Å². The van der Waals surface area contributed by atoms with Crippen molar-refractivity contribution in [1.82, 2.24) is 14.7 Å². The molecule has 4 nitrogen and oxygen atoms in total. The highest BCUT2D eigenvalue weighted by molar-refractivity contribution is 5.95. The van der Waals surface area contributed by atoms with Gasteiger partial charge in [-0.3, -0.25) is 4.79 Å². The Kier molecular flexibility index (Phi) is 3.44. The topological polar surface area (TPSA) is 46.4 Å². The fraction of sp³-hybridized carbons (Fsp3) is 0.176. The van der Waals surface area contributed by atoms with Crippen LogP contribution in [0.25, 0.3) is 5.65 Å². The first-order valence-corrected chi connectivity index (χ1v) is 6.92. The van der Waals surface area contributed by atoms with Gasteiger partial charge in [-0.1, -0.05) is 24.3 Å². The average Bonchev–Trinajstić information content (AvgIpc) is 2.90. The third-order valence-electron chi connectivity index (χ3n) is 3.57. The van der Waals surface area contributed by atoms with Crippen molar-refractivity contribution in [2.24, 2.45) is 0 Å². The molecule has 1 N–H and O–H groups in total. The van der Waals surface area contributed by atoms with Crippen molar-refractivity contribution in [3.8, 4) is 0 Å². The molecule has 106 valence electrons. The Morgan fingerprint density at radius 1 is 1.14 bits per heavy atom. The maximum absolute atomic E-state index is 12.2. The van der Waals surface area contributed by atoms with Crippen molar-refractivity contribution in [3.05, 3.63) is 71.2 Å². The number of fused-ring (bicyclic) bond motifs is 1. The second-order valence-electron chi connectivity index (χ2n) is 5.13. The van der Waals surface area contributed by atoms with Crippen molar-refractivity contribution in [2.45, 2.75) is 20.4 Å². The molecule has 0 saturated heterocycles. The quantitative estimate of drug-likeness (QED) is 0.801. The number of aryl methyl sites for hydroxylation is 2. The van der Waals surface area contributed by atoms with E-state index >= 15 is 0 Å². The molecule has 21 heavy (non-hydrogen) atoms. The van der Waals surface area contributed by atoms with Gasteiger partial charge in [-0.2, -0.15) is 0 Å². The molecule has 0 radical (unpaired) electrons. The number of pyridine rings is 1. The van der Waals surface area contributed by atoms with E-state index < -0.39 is 0 Å². The molecule has 0 saturated carbocycles. The predicted molar refractivity (Wildman–Crippen MR) is 82.3 cm³/mol. The van der Waals surface area contributed by atoms with Crippen LogP contribution in [-0.4, -0.2) is 15.3 Å². The molecular weight excluding hydrogens is 262 g/mol. The number of nitrogens with zero attached hydrogens (tertiary/aromatic N) is 2. The van der Waals surface area contributed by atoms with Crippen molar-refractivity contribution < 1.29 is 4.79 Å². The Bertz CT molecular complexity index is 805. The summed E-state index contributed by atoms with van der Waals surface area (Å²) in [7, 11) is 0. The molecule has 1 amide bonds. The van der Waals surface area contributed by atoms with Crippen molar-refractivity contribution in [3.63, 3.8) is 0 Å². The molecule has 3 aromatic rings. The van der Waals surface area contributed by atoms with Gasteiger partial charge < -0.3 is 9.72 Å². The lowest BCUT2D eigenvalue weighted by Gasteiger charge is -2.05. The summed E-state index contributed by atoms with van der Waals surface area (Å²) in [5.74, 6) is -0.0677. The molecule has 0 aliphatic carbocycles. The summed E-state index contributed by atoms with van der Waals surface area (Å²) in [5.41, 5.74) is 4.55. The molecule has 2 aromatic heterocycles. The third-order valence-corrected chi connectivity index (χ3v) is 3.57. The van der Waals surface area contributed by atoms with Gasteiger partial charge in [0.05, 0.1) is 12.2 Å². The van der Waals surface area contributed by atoms with Gasteiger partial charge in [-0.15, -0.1) is 0 Å². The average molecular weight is 279 g/mol. The molecule has 0 unspecified atom stereocenters. The molecular formula is C17H17N3O. The van der Waals surface area contributed by atoms with Crippen LogP contribution in [0.4, 0.5) is 0 Å². The maximum atomic E-state index is 12.2. The van der Waals surface area contributed by atoms with Gasteiger partial charge in [-0.25, -0.2) is 4.98 Å². The minimum absolute atomic E-state index is 0.0677. The van der Waals surface area contributed by atoms with Crippen LogP contribution in [0.2, 0.25) is 0 Å². The van der Waals surface area contributed by atoms with Gasteiger partial charge in [0.15, 0.2) is 0 Å². The molecule has 0 spiro atoms. The van der Waals surface area contributed by atoms with E-state index in [-0.39, 0.29) is 5.91 Å². The first-order chi connectivity index (χ1) is 10.1. The number of carbonyl (C=O) groups excluding carboxylic acids is 1. The Labute approximate surface area is 123 Å². The molecule has 0 fully saturated rings. The van der Waals surface area contributed by atoms with E-state index in [1.807, 2.05) is 66.9 Å². The second-order valence-corrected chi connectivity index (χ2v) is 5.13. The number of nitrogens with one attached hydrogen (secondary N) is 1. The van der Waals surface area contributed by atoms with E-state index in [9.17, 15) is 4.79 Å². The lowest BCUT2D eigenvalue weighted by Crippen LogP contribution is -2.23. The lowest BCUT2D eigenvalue weighted by atomic mass is 10.1. The highest BCUT2D eigenvalue weighted by atomic mass is 16.1. The smallest absolute Gasteiger partial charge is 0.251 e. The van der Waals surface area contributed by atoms with Crippen molar-refractivity contribution in [2.75, 3.05) is 0 Å². The molecule has 2 heterocycles. The summed E-state index contributed by atoms with van der Waals surface area (Å²) < 4.78 is 2.02. The van der Waals surface area contributed by atoms with Crippen LogP contribution in [0.5, 0.6) is 0 Å². The first-order valence-electron chi connectivity index (χ1n) is 6.92. The number of aromatic nitrogens is 2. The zero-order chi connectivity index (χ0) is 14.8. The maximum Gasteiger partial charge on any atom is 0.251 e. The number of carbonyl (C=O) groups is 1. The zero-order valence-electron chi connectivity index (χ0n) is 12.1. The highest BCUT2D eigenvalue weighted by Crippen LogP contribution is 2.10. The summed E-state index contributed by atoms with van der Waals surface area (Å²) in [6, 6.07) is 13.5. The molecule has 0 aliphatic rings. The second kappa shape index (κ2) is 5.40. The summed E-state index contributed by atoms with van der Waals surface area (Å²) in [6.45, 7) is 4.39. The number of rotatable bonds is 3. The van der Waals surface area contributed by atoms with Crippen LogP contribution >= 0.6 is 0 Å². The summed E-state index contributed by atoms with van der Waals surface area (Å²) in [5, 5.41) is 2.92. The number of amides is 1. The summed E-state index contributed by atoms with van der Waals surface area (Å²) in [6.07, 6.45) is 1.96. The van der Waals surface area contributed by atoms with E-state index in [4.69, 9.17) is 0 Å². The van der Waals surface area contributed by atoms with Gasteiger partial charge in [0.1, 0.15) is 5.65 Å². The van der Waals surface area contributed by atoms with Crippen LogP contribution in [0.1, 0.15) is 27.3 Å². The van der Waals surface area contributed by atoms with Crippen LogP contribution in [0.15, 0.2) is 48.7 Å². The molecule has 0 aliphatic heterocycles.